The Morgan fingerprint density at radius 2 is 2.44 bits per heavy atom. The highest BCUT2D eigenvalue weighted by atomic mass is 16.2. The van der Waals surface area contributed by atoms with Crippen molar-refractivity contribution in [2.45, 2.75) is 25.8 Å². The number of hydrogen-bond acceptors (Lipinski definition) is 3. The molecule has 1 atom stereocenters. The molecule has 0 saturated carbocycles. The van der Waals surface area contributed by atoms with Gasteiger partial charge in [0.15, 0.2) is 0 Å². The summed E-state index contributed by atoms with van der Waals surface area (Å²) in [6, 6.07) is 3.75. The summed E-state index contributed by atoms with van der Waals surface area (Å²) in [7, 11) is 0. The molecular formula is C13H17N3O2. The smallest absolute Gasteiger partial charge is 0.227 e. The molecule has 0 radical (unpaired) electrons. The molecule has 1 fully saturated rings. The van der Waals surface area contributed by atoms with Crippen molar-refractivity contribution in [2.24, 2.45) is 0 Å². The second-order valence-electron chi connectivity index (χ2n) is 4.53. The Morgan fingerprint density at radius 1 is 1.61 bits per heavy atom. The second kappa shape index (κ2) is 5.62. The van der Waals surface area contributed by atoms with Crippen molar-refractivity contribution in [3.05, 3.63) is 30.1 Å². The number of carbonyl (C=O) groups is 2. The molecule has 1 aromatic rings. The molecule has 1 N–H and O–H groups in total. The summed E-state index contributed by atoms with van der Waals surface area (Å²) >= 11 is 0. The first-order chi connectivity index (χ1) is 8.66. The van der Waals surface area contributed by atoms with E-state index in [2.05, 4.69) is 10.3 Å². The van der Waals surface area contributed by atoms with E-state index in [9.17, 15) is 9.59 Å². The van der Waals surface area contributed by atoms with Gasteiger partial charge in [-0.3, -0.25) is 14.6 Å². The maximum Gasteiger partial charge on any atom is 0.227 e. The lowest BCUT2D eigenvalue weighted by Crippen LogP contribution is -2.42. The van der Waals surface area contributed by atoms with Gasteiger partial charge in [-0.25, -0.2) is 0 Å². The lowest BCUT2D eigenvalue weighted by molar-refractivity contribution is -0.132. The number of amides is 2. The minimum atomic E-state index is 0.0125. The molecule has 2 heterocycles. The van der Waals surface area contributed by atoms with Gasteiger partial charge in [0, 0.05) is 37.9 Å². The predicted octanol–water partition coefficient (Wildman–Crippen LogP) is 0.361. The number of carbonyl (C=O) groups excluding carboxylic acids is 2. The molecular weight excluding hydrogens is 230 g/mol. The standard InChI is InChI=1S/C13H17N3O2/c1-10-8-15-12(17)4-6-16(10)13(18)7-11-3-2-5-14-9-11/h2-3,5,9-10H,4,6-8H2,1H3,(H,15,17)/t10-/m1/s1. The number of nitrogens with zero attached hydrogens (tertiary/aromatic N) is 2. The quantitative estimate of drug-likeness (QED) is 0.821. The van der Waals surface area contributed by atoms with Crippen LogP contribution in [0.5, 0.6) is 0 Å². The van der Waals surface area contributed by atoms with Crippen LogP contribution in [0.2, 0.25) is 0 Å². The minimum absolute atomic E-state index is 0.0125. The first-order valence-corrected chi connectivity index (χ1v) is 6.12. The van der Waals surface area contributed by atoms with Crippen molar-refractivity contribution in [3.63, 3.8) is 0 Å². The zero-order chi connectivity index (χ0) is 13.0. The Morgan fingerprint density at radius 3 is 3.17 bits per heavy atom. The second-order valence-corrected chi connectivity index (χ2v) is 4.53. The molecule has 1 aliphatic rings. The number of aromatic nitrogens is 1. The molecule has 96 valence electrons. The maximum atomic E-state index is 12.2. The molecule has 1 aliphatic heterocycles. The van der Waals surface area contributed by atoms with Crippen molar-refractivity contribution in [3.8, 4) is 0 Å². The van der Waals surface area contributed by atoms with Gasteiger partial charge in [-0.05, 0) is 18.6 Å². The van der Waals surface area contributed by atoms with Crippen molar-refractivity contribution < 1.29 is 9.59 Å². The van der Waals surface area contributed by atoms with E-state index in [1.807, 2.05) is 19.1 Å². The Balaban J connectivity index is 2.01. The van der Waals surface area contributed by atoms with Crippen LogP contribution < -0.4 is 5.32 Å². The van der Waals surface area contributed by atoms with Gasteiger partial charge in [-0.15, -0.1) is 0 Å². The summed E-state index contributed by atoms with van der Waals surface area (Å²) in [5.41, 5.74) is 0.901. The van der Waals surface area contributed by atoms with Gasteiger partial charge in [0.05, 0.1) is 6.42 Å². The lowest BCUT2D eigenvalue weighted by Gasteiger charge is -2.26. The summed E-state index contributed by atoms with van der Waals surface area (Å²) in [6.45, 7) is 2.97. The highest BCUT2D eigenvalue weighted by Gasteiger charge is 2.24. The molecule has 0 spiro atoms. The Labute approximate surface area is 106 Å². The summed E-state index contributed by atoms with van der Waals surface area (Å²) in [5, 5.41) is 2.80. The fourth-order valence-corrected chi connectivity index (χ4v) is 2.05. The van der Waals surface area contributed by atoms with Crippen LogP contribution in [0.4, 0.5) is 0 Å². The van der Waals surface area contributed by atoms with Crippen molar-refractivity contribution in [1.82, 2.24) is 15.2 Å². The molecule has 5 nitrogen and oxygen atoms in total. The molecule has 2 rings (SSSR count). The van der Waals surface area contributed by atoms with E-state index in [4.69, 9.17) is 0 Å². The van der Waals surface area contributed by atoms with Crippen LogP contribution in [0.1, 0.15) is 18.9 Å². The Hall–Kier alpha value is -1.91. The average Bonchev–Trinajstić information content (AvgIpc) is 2.53. The number of rotatable bonds is 2. The van der Waals surface area contributed by atoms with Crippen molar-refractivity contribution >= 4 is 11.8 Å². The van der Waals surface area contributed by atoms with Crippen LogP contribution >= 0.6 is 0 Å². The number of nitrogens with one attached hydrogen (secondary N) is 1. The largest absolute Gasteiger partial charge is 0.354 e. The van der Waals surface area contributed by atoms with E-state index in [-0.39, 0.29) is 17.9 Å². The first kappa shape index (κ1) is 12.5. The van der Waals surface area contributed by atoms with Crippen LogP contribution in [0.3, 0.4) is 0 Å². The van der Waals surface area contributed by atoms with E-state index in [0.29, 0.717) is 25.9 Å². The molecule has 18 heavy (non-hydrogen) atoms. The van der Waals surface area contributed by atoms with Gasteiger partial charge in [-0.1, -0.05) is 6.07 Å². The molecule has 0 bridgehead atoms. The van der Waals surface area contributed by atoms with Gasteiger partial charge < -0.3 is 10.2 Å². The van der Waals surface area contributed by atoms with Crippen LogP contribution in [-0.2, 0) is 16.0 Å². The van der Waals surface area contributed by atoms with Gasteiger partial charge in [0.1, 0.15) is 0 Å². The van der Waals surface area contributed by atoms with Gasteiger partial charge in [0.2, 0.25) is 11.8 Å². The van der Waals surface area contributed by atoms with Gasteiger partial charge in [0.25, 0.3) is 0 Å². The van der Waals surface area contributed by atoms with Crippen LogP contribution in [0, 0.1) is 0 Å². The first-order valence-electron chi connectivity index (χ1n) is 6.12. The molecule has 0 aliphatic carbocycles. The van der Waals surface area contributed by atoms with E-state index in [1.165, 1.54) is 0 Å². The maximum absolute atomic E-state index is 12.2. The Bertz CT molecular complexity index is 433. The van der Waals surface area contributed by atoms with E-state index >= 15 is 0 Å². The minimum Gasteiger partial charge on any atom is -0.354 e. The Kier molecular flexibility index (Phi) is 3.92. The third kappa shape index (κ3) is 3.06. The molecule has 5 heteroatoms. The van der Waals surface area contributed by atoms with Gasteiger partial charge in [-0.2, -0.15) is 0 Å². The molecule has 0 aromatic carbocycles. The SMILES string of the molecule is C[C@@H]1CNC(=O)CCN1C(=O)Cc1cccnc1. The highest BCUT2D eigenvalue weighted by Crippen LogP contribution is 2.08. The fraction of sp³-hybridized carbons (Fsp3) is 0.462. The summed E-state index contributed by atoms with van der Waals surface area (Å²) in [6.07, 6.45) is 4.10. The van der Waals surface area contributed by atoms with Crippen LogP contribution in [0.15, 0.2) is 24.5 Å². The lowest BCUT2D eigenvalue weighted by atomic mass is 10.1. The van der Waals surface area contributed by atoms with E-state index in [0.717, 1.165) is 5.56 Å². The average molecular weight is 247 g/mol. The fourth-order valence-electron chi connectivity index (χ4n) is 2.05. The van der Waals surface area contributed by atoms with E-state index in [1.54, 1.807) is 17.3 Å². The van der Waals surface area contributed by atoms with E-state index < -0.39 is 0 Å². The molecule has 1 saturated heterocycles. The summed E-state index contributed by atoms with van der Waals surface area (Å²) in [4.78, 5) is 29.3. The number of hydrogen-bond donors (Lipinski definition) is 1. The molecule has 0 unspecified atom stereocenters. The van der Waals surface area contributed by atoms with Crippen molar-refractivity contribution in [2.75, 3.05) is 13.1 Å². The normalized spacial score (nSPS) is 20.2. The zero-order valence-corrected chi connectivity index (χ0v) is 10.4. The topological polar surface area (TPSA) is 62.3 Å². The molecule has 2 amide bonds. The predicted molar refractivity (Wildman–Crippen MR) is 66.7 cm³/mol. The van der Waals surface area contributed by atoms with Crippen LogP contribution in [0.25, 0.3) is 0 Å². The van der Waals surface area contributed by atoms with Crippen molar-refractivity contribution in [1.29, 1.82) is 0 Å². The zero-order valence-electron chi connectivity index (χ0n) is 10.4. The summed E-state index contributed by atoms with van der Waals surface area (Å²) < 4.78 is 0. The van der Waals surface area contributed by atoms with Crippen LogP contribution in [-0.4, -0.2) is 40.8 Å². The monoisotopic (exact) mass is 247 g/mol. The molecule has 1 aromatic heterocycles. The third-order valence-electron chi connectivity index (χ3n) is 3.10. The number of pyridine rings is 1. The third-order valence-corrected chi connectivity index (χ3v) is 3.10. The highest BCUT2D eigenvalue weighted by molar-refractivity contribution is 5.81. The van der Waals surface area contributed by atoms with Gasteiger partial charge >= 0.3 is 0 Å². The summed E-state index contributed by atoms with van der Waals surface area (Å²) in [5.74, 6) is 0.0607.